The van der Waals surface area contributed by atoms with Crippen molar-refractivity contribution in [2.45, 2.75) is 17.9 Å². The summed E-state index contributed by atoms with van der Waals surface area (Å²) in [7, 11) is -1.59. The van der Waals surface area contributed by atoms with Crippen molar-refractivity contribution in [1.82, 2.24) is 9.71 Å². The first-order valence-electron chi connectivity index (χ1n) is 8.30. The number of hydrogen-bond acceptors (Lipinski definition) is 6. The van der Waals surface area contributed by atoms with Gasteiger partial charge in [0.05, 0.1) is 24.1 Å². The highest BCUT2D eigenvalue weighted by Crippen LogP contribution is 2.31. The Balaban J connectivity index is 1.84. The fraction of sp³-hybridized carbons (Fsp3) is 0.211. The molecule has 3 rings (SSSR count). The van der Waals surface area contributed by atoms with Crippen LogP contribution in [-0.2, 0) is 9.92 Å². The molecule has 0 bridgehead atoms. The summed E-state index contributed by atoms with van der Waals surface area (Å²) in [5, 5.41) is 9.91. The summed E-state index contributed by atoms with van der Waals surface area (Å²) in [4.78, 5) is 4.64. The Labute approximate surface area is 158 Å². The fourth-order valence-corrected chi connectivity index (χ4v) is 3.83. The number of nitrogens with one attached hydrogen (secondary N) is 2. The minimum absolute atomic E-state index is 0.197. The second-order valence-corrected chi connectivity index (χ2v) is 7.84. The molecule has 8 heteroatoms. The third-order valence-corrected chi connectivity index (χ3v) is 5.60. The van der Waals surface area contributed by atoms with Gasteiger partial charge in [-0.25, -0.2) is 13.7 Å². The van der Waals surface area contributed by atoms with Crippen molar-refractivity contribution >= 4 is 20.8 Å². The molecule has 0 radical (unpaired) electrons. The van der Waals surface area contributed by atoms with Gasteiger partial charge in [0, 0.05) is 23.7 Å². The van der Waals surface area contributed by atoms with Crippen molar-refractivity contribution in [2.24, 2.45) is 0 Å². The van der Waals surface area contributed by atoms with Gasteiger partial charge in [-0.15, -0.1) is 0 Å². The predicted octanol–water partition coefficient (Wildman–Crippen LogP) is 3.33. The summed E-state index contributed by atoms with van der Waals surface area (Å²) in [6, 6.07) is 13.3. The molecule has 2 atom stereocenters. The van der Waals surface area contributed by atoms with Crippen molar-refractivity contribution in [1.29, 1.82) is 4.78 Å². The van der Waals surface area contributed by atoms with Crippen LogP contribution in [-0.4, -0.2) is 34.1 Å². The van der Waals surface area contributed by atoms with Gasteiger partial charge in [0.1, 0.15) is 27.2 Å². The van der Waals surface area contributed by atoms with Crippen LogP contribution in [0.4, 0.5) is 0 Å². The Bertz CT molecular complexity index is 1040. The highest BCUT2D eigenvalue weighted by molar-refractivity contribution is 7.90. The molecule has 0 amide bonds. The van der Waals surface area contributed by atoms with Crippen LogP contribution in [0.25, 0.3) is 10.9 Å². The van der Waals surface area contributed by atoms with E-state index in [1.807, 2.05) is 18.2 Å². The van der Waals surface area contributed by atoms with E-state index in [0.717, 1.165) is 10.9 Å². The maximum absolute atomic E-state index is 12.4. The lowest BCUT2D eigenvalue weighted by atomic mass is 10.2. The Morgan fingerprint density at radius 3 is 2.56 bits per heavy atom. The van der Waals surface area contributed by atoms with E-state index in [0.29, 0.717) is 22.1 Å². The number of aliphatic hydroxyl groups excluding tert-OH is 1. The molecule has 1 aromatic heterocycles. The second kappa shape index (κ2) is 7.91. The van der Waals surface area contributed by atoms with Crippen LogP contribution in [0.15, 0.2) is 59.6 Å². The first kappa shape index (κ1) is 19.1. The zero-order valence-electron chi connectivity index (χ0n) is 15.0. The monoisotopic (exact) mass is 387 g/mol. The van der Waals surface area contributed by atoms with Crippen molar-refractivity contribution in [3.05, 3.63) is 54.7 Å². The maximum Gasteiger partial charge on any atom is 0.138 e. The molecule has 0 aliphatic heterocycles. The Hall–Kier alpha value is -2.68. The average Bonchev–Trinajstić information content (AvgIpc) is 2.67. The van der Waals surface area contributed by atoms with Gasteiger partial charge in [-0.1, -0.05) is 0 Å². The molecular formula is C19H21N3O4S. The fourth-order valence-electron chi connectivity index (χ4n) is 2.53. The zero-order valence-corrected chi connectivity index (χ0v) is 15.8. The normalized spacial score (nSPS) is 14.5. The summed E-state index contributed by atoms with van der Waals surface area (Å²) in [6.07, 6.45) is 1.66. The smallest absolute Gasteiger partial charge is 0.138 e. The number of pyridine rings is 1. The molecule has 142 valence electrons. The summed E-state index contributed by atoms with van der Waals surface area (Å²) >= 11 is 0. The standard InChI is InChI=1S/C19H21N3O4S/c1-13(12-23)22-27(20,24)16-6-3-14(4-7-16)26-19-9-10-21-18-11-15(25-2)5-8-17(18)19/h3-11,13,23H,12H2,1-2H3,(H2,20,22,24)/t13-,27?/m0/s1. The number of fused-ring (bicyclic) bond motifs is 1. The number of nitrogens with zero attached hydrogens (tertiary/aromatic N) is 1. The number of ether oxygens (including phenoxy) is 2. The van der Waals surface area contributed by atoms with Gasteiger partial charge in [-0.3, -0.25) is 4.98 Å². The first-order chi connectivity index (χ1) is 12.9. The molecule has 3 N–H and O–H groups in total. The number of aliphatic hydroxyl groups is 1. The summed E-state index contributed by atoms with van der Waals surface area (Å²) in [5.74, 6) is 1.90. The number of methoxy groups -OCH3 is 1. The lowest BCUT2D eigenvalue weighted by Crippen LogP contribution is -2.34. The molecule has 0 spiro atoms. The highest BCUT2D eigenvalue weighted by Gasteiger charge is 2.13. The minimum Gasteiger partial charge on any atom is -0.497 e. The lowest BCUT2D eigenvalue weighted by molar-refractivity contribution is 0.266. The molecule has 0 aliphatic carbocycles. The van der Waals surface area contributed by atoms with Gasteiger partial charge in [0.15, 0.2) is 0 Å². The molecule has 0 fully saturated rings. The van der Waals surface area contributed by atoms with E-state index < -0.39 is 16.0 Å². The second-order valence-electron chi connectivity index (χ2n) is 6.02. The molecule has 7 nitrogen and oxygen atoms in total. The third kappa shape index (κ3) is 4.36. The lowest BCUT2D eigenvalue weighted by Gasteiger charge is -2.15. The van der Waals surface area contributed by atoms with E-state index in [1.165, 1.54) is 0 Å². The Morgan fingerprint density at radius 1 is 1.19 bits per heavy atom. The van der Waals surface area contributed by atoms with Gasteiger partial charge in [-0.2, -0.15) is 0 Å². The van der Waals surface area contributed by atoms with Gasteiger partial charge in [0.2, 0.25) is 0 Å². The predicted molar refractivity (Wildman–Crippen MR) is 104 cm³/mol. The van der Waals surface area contributed by atoms with Gasteiger partial charge >= 0.3 is 0 Å². The molecule has 0 saturated heterocycles. The van der Waals surface area contributed by atoms with Gasteiger partial charge in [-0.05, 0) is 49.4 Å². The molecule has 1 heterocycles. The van der Waals surface area contributed by atoms with E-state index in [4.69, 9.17) is 19.4 Å². The van der Waals surface area contributed by atoms with Crippen LogP contribution in [0.3, 0.4) is 0 Å². The van der Waals surface area contributed by atoms with Crippen LogP contribution in [0.1, 0.15) is 6.92 Å². The Morgan fingerprint density at radius 2 is 1.89 bits per heavy atom. The van der Waals surface area contributed by atoms with Crippen molar-refractivity contribution in [2.75, 3.05) is 13.7 Å². The SMILES string of the molecule is COc1ccc2c(Oc3ccc(S(=N)(=O)N[C@@H](C)CO)cc3)ccnc2c1. The van der Waals surface area contributed by atoms with Crippen LogP contribution in [0.2, 0.25) is 0 Å². The molecule has 1 unspecified atom stereocenters. The molecule has 3 aromatic rings. The molecule has 27 heavy (non-hydrogen) atoms. The highest BCUT2D eigenvalue weighted by atomic mass is 32.2. The van der Waals surface area contributed by atoms with E-state index in [1.54, 1.807) is 50.6 Å². The van der Waals surface area contributed by atoms with Crippen LogP contribution >= 0.6 is 0 Å². The Kier molecular flexibility index (Phi) is 5.59. The quantitative estimate of drug-likeness (QED) is 0.577. The van der Waals surface area contributed by atoms with E-state index >= 15 is 0 Å². The number of hydrogen-bond donors (Lipinski definition) is 3. The van der Waals surface area contributed by atoms with Crippen LogP contribution < -0.4 is 14.2 Å². The molecular weight excluding hydrogens is 366 g/mol. The summed E-state index contributed by atoms with van der Waals surface area (Å²) < 4.78 is 34.2. The van der Waals surface area contributed by atoms with Crippen molar-refractivity contribution in [3.8, 4) is 17.2 Å². The van der Waals surface area contributed by atoms with E-state index in [-0.39, 0.29) is 6.61 Å². The maximum atomic E-state index is 12.4. The summed E-state index contributed by atoms with van der Waals surface area (Å²) in [5.41, 5.74) is 0.750. The largest absolute Gasteiger partial charge is 0.497 e. The van der Waals surface area contributed by atoms with Crippen LogP contribution in [0.5, 0.6) is 17.2 Å². The van der Waals surface area contributed by atoms with E-state index in [2.05, 4.69) is 9.71 Å². The topological polar surface area (TPSA) is 105 Å². The van der Waals surface area contributed by atoms with Gasteiger partial charge < -0.3 is 14.6 Å². The number of aromatic nitrogens is 1. The molecule has 0 saturated carbocycles. The van der Waals surface area contributed by atoms with Crippen LogP contribution in [0, 0.1) is 4.78 Å². The average molecular weight is 387 g/mol. The third-order valence-electron chi connectivity index (χ3n) is 3.93. The van der Waals surface area contributed by atoms with Crippen molar-refractivity contribution < 1.29 is 18.8 Å². The van der Waals surface area contributed by atoms with Crippen molar-refractivity contribution in [3.63, 3.8) is 0 Å². The summed E-state index contributed by atoms with van der Waals surface area (Å²) in [6.45, 7) is 1.46. The number of benzene rings is 2. The number of rotatable bonds is 7. The first-order valence-corrected chi connectivity index (χ1v) is 9.86. The molecule has 0 aliphatic rings. The molecule has 2 aromatic carbocycles. The minimum atomic E-state index is -3.19. The van der Waals surface area contributed by atoms with Gasteiger partial charge in [0.25, 0.3) is 0 Å². The van der Waals surface area contributed by atoms with E-state index in [9.17, 15) is 4.21 Å². The zero-order chi connectivity index (χ0) is 19.4.